The molecule has 3 heterocycles. The maximum atomic E-state index is 10.4. The zero-order valence-electron chi connectivity index (χ0n) is 10.9. The second kappa shape index (κ2) is 5.21. The lowest BCUT2D eigenvalue weighted by atomic mass is 10.0. The van der Waals surface area contributed by atoms with Crippen molar-refractivity contribution >= 4 is 11.4 Å². The number of hydrogen-bond donors (Lipinski definition) is 2. The molecule has 1 atom stereocenters. The van der Waals surface area contributed by atoms with Gasteiger partial charge in [-0.15, -0.1) is 0 Å². The van der Waals surface area contributed by atoms with Crippen LogP contribution in [0.15, 0.2) is 30.2 Å². The molecule has 2 aliphatic rings. The Balaban J connectivity index is 0.00000133. The molecule has 1 aromatic rings. The summed E-state index contributed by atoms with van der Waals surface area (Å²) in [6, 6.07) is 5.88. The molecule has 3 rings (SSSR count). The molecular formula is C14H18ClN3O. The van der Waals surface area contributed by atoms with E-state index in [0.29, 0.717) is 17.2 Å². The zero-order chi connectivity index (χ0) is 12.7. The van der Waals surface area contributed by atoms with Gasteiger partial charge in [-0.3, -0.25) is 5.41 Å². The lowest BCUT2D eigenvalue weighted by Crippen LogP contribution is -3.00. The summed E-state index contributed by atoms with van der Waals surface area (Å²) in [6.07, 6.45) is 5.14. The number of nitrogens with one attached hydrogen (secondary N) is 1. The van der Waals surface area contributed by atoms with Crippen LogP contribution >= 0.6 is 0 Å². The van der Waals surface area contributed by atoms with Gasteiger partial charge in [0.25, 0.3) is 0 Å². The van der Waals surface area contributed by atoms with Crippen molar-refractivity contribution in [2.75, 3.05) is 6.54 Å². The van der Waals surface area contributed by atoms with E-state index in [1.807, 2.05) is 40.9 Å². The van der Waals surface area contributed by atoms with Crippen LogP contribution in [-0.4, -0.2) is 28.4 Å². The standard InChI is InChI=1S/C14H17N3O.ClH/c1-16-8-4-2-6-10(16)12-13(18)11-7-3-5-9-17(11)14(12)15;/h2,4,6,8,11,15H,3,5,7,9H2,1H3;1H. The summed E-state index contributed by atoms with van der Waals surface area (Å²) in [7, 11) is 1.94. The van der Waals surface area contributed by atoms with Crippen LogP contribution in [0.25, 0.3) is 5.57 Å². The lowest BCUT2D eigenvalue weighted by molar-refractivity contribution is -0.673. The minimum Gasteiger partial charge on any atom is -1.00 e. The number of nitrogens with zero attached hydrogens (tertiary/aromatic N) is 2. The zero-order valence-corrected chi connectivity index (χ0v) is 11.7. The van der Waals surface area contributed by atoms with Gasteiger partial charge >= 0.3 is 0 Å². The van der Waals surface area contributed by atoms with Crippen molar-refractivity contribution in [3.63, 3.8) is 0 Å². The number of aromatic nitrogens is 1. The highest BCUT2D eigenvalue weighted by atomic mass is 35.5. The second-order valence-electron chi connectivity index (χ2n) is 5.01. The van der Waals surface area contributed by atoms with Gasteiger partial charge in [-0.1, -0.05) is 0 Å². The summed E-state index contributed by atoms with van der Waals surface area (Å²) in [5.74, 6) is 0.848. The van der Waals surface area contributed by atoms with E-state index in [1.165, 1.54) is 0 Å². The third kappa shape index (κ3) is 2.10. The summed E-state index contributed by atoms with van der Waals surface area (Å²) in [6.45, 7) is 0.883. The summed E-state index contributed by atoms with van der Waals surface area (Å²) in [5, 5.41) is 18.7. The fourth-order valence-electron chi connectivity index (χ4n) is 2.95. The minimum absolute atomic E-state index is 0. The number of piperidine rings is 1. The van der Waals surface area contributed by atoms with E-state index in [9.17, 15) is 5.11 Å². The van der Waals surface area contributed by atoms with E-state index in [1.54, 1.807) is 0 Å². The largest absolute Gasteiger partial charge is 1.00 e. The van der Waals surface area contributed by atoms with Gasteiger partial charge in [0.1, 0.15) is 24.2 Å². The molecule has 1 saturated heterocycles. The molecule has 2 N–H and O–H groups in total. The summed E-state index contributed by atoms with van der Waals surface area (Å²) in [4.78, 5) is 2.03. The van der Waals surface area contributed by atoms with Gasteiger partial charge in [0.05, 0.1) is 6.04 Å². The molecule has 2 aliphatic heterocycles. The molecule has 1 aromatic heterocycles. The number of amidine groups is 1. The Morgan fingerprint density at radius 1 is 1.37 bits per heavy atom. The van der Waals surface area contributed by atoms with Gasteiger partial charge in [-0.2, -0.15) is 0 Å². The highest BCUT2D eigenvalue weighted by Crippen LogP contribution is 2.35. The Bertz CT molecular complexity index is 541. The number of pyridine rings is 1. The Kier molecular flexibility index (Phi) is 3.80. The first kappa shape index (κ1) is 13.9. The molecule has 0 spiro atoms. The van der Waals surface area contributed by atoms with E-state index in [4.69, 9.17) is 5.41 Å². The number of hydrogen-bond acceptors (Lipinski definition) is 2. The number of aliphatic hydroxyl groups is 1. The van der Waals surface area contributed by atoms with Crippen molar-refractivity contribution in [2.45, 2.75) is 25.3 Å². The molecule has 5 heteroatoms. The highest BCUT2D eigenvalue weighted by Gasteiger charge is 2.41. The first-order chi connectivity index (χ1) is 8.70. The smallest absolute Gasteiger partial charge is 0.219 e. The normalized spacial score (nSPS) is 22.3. The summed E-state index contributed by atoms with van der Waals surface area (Å²) in [5.41, 5.74) is 1.61. The molecule has 0 bridgehead atoms. The van der Waals surface area contributed by atoms with Crippen LogP contribution in [0, 0.1) is 5.41 Å². The molecule has 1 fully saturated rings. The van der Waals surface area contributed by atoms with E-state index >= 15 is 0 Å². The summed E-state index contributed by atoms with van der Waals surface area (Å²) < 4.78 is 1.96. The van der Waals surface area contributed by atoms with Crippen molar-refractivity contribution in [3.8, 4) is 0 Å². The predicted octanol–water partition coefficient (Wildman–Crippen LogP) is -1.37. The maximum absolute atomic E-state index is 10.4. The van der Waals surface area contributed by atoms with E-state index in [-0.39, 0.29) is 18.4 Å². The maximum Gasteiger partial charge on any atom is 0.219 e. The Labute approximate surface area is 119 Å². The third-order valence-electron chi connectivity index (χ3n) is 3.91. The first-order valence-electron chi connectivity index (χ1n) is 6.44. The molecule has 0 amide bonds. The Hall–Kier alpha value is -1.55. The van der Waals surface area contributed by atoms with Crippen LogP contribution in [0.2, 0.25) is 0 Å². The molecule has 0 radical (unpaired) electrons. The third-order valence-corrected chi connectivity index (χ3v) is 3.91. The molecule has 102 valence electrons. The molecule has 0 aliphatic carbocycles. The summed E-state index contributed by atoms with van der Waals surface area (Å²) >= 11 is 0. The topological polar surface area (TPSA) is 51.2 Å². The molecule has 4 nitrogen and oxygen atoms in total. The number of halogens is 1. The fourth-order valence-corrected chi connectivity index (χ4v) is 2.95. The van der Waals surface area contributed by atoms with Gasteiger partial charge in [0.2, 0.25) is 5.69 Å². The Morgan fingerprint density at radius 3 is 2.84 bits per heavy atom. The van der Waals surface area contributed by atoms with Gasteiger partial charge < -0.3 is 22.4 Å². The molecule has 0 aromatic carbocycles. The van der Waals surface area contributed by atoms with Crippen LogP contribution < -0.4 is 17.0 Å². The van der Waals surface area contributed by atoms with Gasteiger partial charge in [-0.05, 0) is 25.3 Å². The SMILES string of the molecule is C[n+]1ccccc1C1=C(O)C2CCCCN2C1=N.[Cl-]. The second-order valence-corrected chi connectivity index (χ2v) is 5.01. The van der Waals surface area contributed by atoms with E-state index < -0.39 is 0 Å². The average molecular weight is 280 g/mol. The monoisotopic (exact) mass is 279 g/mol. The highest BCUT2D eigenvalue weighted by molar-refractivity contribution is 6.23. The van der Waals surface area contributed by atoms with Gasteiger partial charge in [0.15, 0.2) is 6.20 Å². The van der Waals surface area contributed by atoms with Crippen molar-refractivity contribution in [2.24, 2.45) is 7.05 Å². The molecular weight excluding hydrogens is 262 g/mol. The van der Waals surface area contributed by atoms with Gasteiger partial charge in [0, 0.05) is 18.7 Å². The van der Waals surface area contributed by atoms with Crippen molar-refractivity contribution < 1.29 is 22.1 Å². The fraction of sp³-hybridized carbons (Fsp3) is 0.429. The lowest BCUT2D eigenvalue weighted by Gasteiger charge is -2.31. The van der Waals surface area contributed by atoms with Crippen molar-refractivity contribution in [1.82, 2.24) is 4.90 Å². The van der Waals surface area contributed by atoms with E-state index in [0.717, 1.165) is 31.5 Å². The number of aliphatic hydroxyl groups excluding tert-OH is 1. The van der Waals surface area contributed by atoms with E-state index in [2.05, 4.69) is 0 Å². The van der Waals surface area contributed by atoms with Crippen LogP contribution in [0.5, 0.6) is 0 Å². The quantitative estimate of drug-likeness (QED) is 0.624. The van der Waals surface area contributed by atoms with Crippen molar-refractivity contribution in [3.05, 3.63) is 35.8 Å². The molecule has 19 heavy (non-hydrogen) atoms. The van der Waals surface area contributed by atoms with Crippen LogP contribution in [0.1, 0.15) is 25.0 Å². The van der Waals surface area contributed by atoms with Crippen LogP contribution in [0.4, 0.5) is 0 Å². The average Bonchev–Trinajstić information content (AvgIpc) is 2.64. The first-order valence-corrected chi connectivity index (χ1v) is 6.44. The number of fused-ring (bicyclic) bond motifs is 1. The minimum atomic E-state index is 0. The van der Waals surface area contributed by atoms with Crippen LogP contribution in [0.3, 0.4) is 0 Å². The van der Waals surface area contributed by atoms with Crippen molar-refractivity contribution in [1.29, 1.82) is 5.41 Å². The van der Waals surface area contributed by atoms with Gasteiger partial charge in [-0.25, -0.2) is 4.57 Å². The van der Waals surface area contributed by atoms with Crippen LogP contribution in [-0.2, 0) is 7.05 Å². The molecule has 0 saturated carbocycles. The predicted molar refractivity (Wildman–Crippen MR) is 69.2 cm³/mol. The number of rotatable bonds is 1. The Morgan fingerprint density at radius 2 is 2.16 bits per heavy atom. The molecule has 1 unspecified atom stereocenters. The number of aryl methyl sites for hydroxylation is 1.